The molecule has 0 unspecified atom stereocenters. The fourth-order valence-corrected chi connectivity index (χ4v) is 4.47. The van der Waals surface area contributed by atoms with E-state index in [1.165, 1.54) is 4.57 Å². The number of thiazole rings is 1. The lowest BCUT2D eigenvalue weighted by molar-refractivity contribution is -0.139. The second-order valence-electron chi connectivity index (χ2n) is 7.19. The second kappa shape index (κ2) is 7.79. The maximum absolute atomic E-state index is 13.1. The van der Waals surface area contributed by atoms with Crippen molar-refractivity contribution in [1.82, 2.24) is 9.47 Å². The number of likely N-dealkylation sites (tertiary alicyclic amines) is 1. The molecule has 4 rings (SSSR count). The molecule has 2 aliphatic rings. The van der Waals surface area contributed by atoms with Crippen LogP contribution in [0.1, 0.15) is 25.0 Å². The smallest absolute Gasteiger partial charge is 0.307 e. The van der Waals surface area contributed by atoms with Gasteiger partial charge in [-0.25, -0.2) is 0 Å². The lowest BCUT2D eigenvalue weighted by atomic mass is 10.1. The summed E-state index contributed by atoms with van der Waals surface area (Å²) in [6, 6.07) is 7.23. The van der Waals surface area contributed by atoms with Crippen LogP contribution < -0.4 is 14.5 Å². The van der Waals surface area contributed by atoms with Crippen LogP contribution in [0, 0.1) is 6.92 Å². The maximum Gasteiger partial charge on any atom is 0.307 e. The largest absolute Gasteiger partial charge is 0.476 e. The van der Waals surface area contributed by atoms with Gasteiger partial charge in [0.25, 0.3) is 5.91 Å². The number of amides is 2. The Balaban J connectivity index is 1.59. The first-order valence-corrected chi connectivity index (χ1v) is 10.4. The van der Waals surface area contributed by atoms with Gasteiger partial charge in [-0.05, 0) is 38.3 Å². The highest BCUT2D eigenvalue weighted by Crippen LogP contribution is 2.34. The van der Waals surface area contributed by atoms with E-state index in [1.807, 2.05) is 17.0 Å². The molecule has 0 bridgehead atoms. The van der Waals surface area contributed by atoms with Gasteiger partial charge in [-0.3, -0.25) is 19.0 Å². The summed E-state index contributed by atoms with van der Waals surface area (Å²) in [6.45, 7) is 3.38. The third-order valence-corrected chi connectivity index (χ3v) is 6.17. The van der Waals surface area contributed by atoms with Crippen LogP contribution in [-0.4, -0.2) is 47.0 Å². The van der Waals surface area contributed by atoms with Crippen LogP contribution in [0.15, 0.2) is 34.4 Å². The zero-order valence-corrected chi connectivity index (χ0v) is 16.6. The molecule has 0 N–H and O–H groups in total. The molecule has 0 spiro atoms. The number of carbonyl (C=O) groups is 2. The van der Waals surface area contributed by atoms with Crippen LogP contribution in [0.3, 0.4) is 0 Å². The zero-order valence-electron chi connectivity index (χ0n) is 15.8. The Morgan fingerprint density at radius 1 is 1.18 bits per heavy atom. The van der Waals surface area contributed by atoms with Gasteiger partial charge in [-0.2, -0.15) is 0 Å². The number of hydrogen-bond acceptors (Lipinski definition) is 5. The predicted octanol–water partition coefficient (Wildman–Crippen LogP) is 2.02. The summed E-state index contributed by atoms with van der Waals surface area (Å²) in [5.41, 5.74) is 1.39. The molecule has 148 valence electrons. The van der Waals surface area contributed by atoms with E-state index < -0.39 is 6.10 Å². The molecule has 1 aromatic heterocycles. The van der Waals surface area contributed by atoms with Gasteiger partial charge in [-0.1, -0.05) is 23.5 Å². The number of anilines is 1. The van der Waals surface area contributed by atoms with Crippen molar-refractivity contribution in [3.05, 3.63) is 45.0 Å². The molecule has 2 amide bonds. The Morgan fingerprint density at radius 2 is 1.93 bits per heavy atom. The number of hydrogen-bond donors (Lipinski definition) is 0. The lowest BCUT2D eigenvalue weighted by Gasteiger charge is -2.37. The van der Waals surface area contributed by atoms with Crippen LogP contribution in [0.2, 0.25) is 0 Å². The van der Waals surface area contributed by atoms with Crippen molar-refractivity contribution >= 4 is 28.8 Å². The second-order valence-corrected chi connectivity index (χ2v) is 8.01. The van der Waals surface area contributed by atoms with Crippen molar-refractivity contribution in [2.75, 3.05) is 24.5 Å². The fraction of sp³-hybridized carbons (Fsp3) is 0.450. The molecule has 0 aliphatic carbocycles. The molecule has 0 saturated carbocycles. The van der Waals surface area contributed by atoms with E-state index in [0.717, 1.165) is 49.4 Å². The molecule has 1 aromatic carbocycles. The first-order chi connectivity index (χ1) is 13.5. The number of benzene rings is 1. The summed E-state index contributed by atoms with van der Waals surface area (Å²) in [5.74, 6) is 0.221. The highest BCUT2D eigenvalue weighted by Gasteiger charge is 2.36. The first kappa shape index (κ1) is 18.7. The van der Waals surface area contributed by atoms with E-state index in [9.17, 15) is 14.4 Å². The standard InChI is InChI=1S/C20H23N3O4S/c1-14-13-28-20(26)22(14)12-18(24)23-11-17(19(25)21-9-5-2-6-10-21)27-16-8-4-3-7-15(16)23/h3-4,7-8,13,17H,2,5-6,9-12H2,1H3/t17-/m0/s1. The summed E-state index contributed by atoms with van der Waals surface area (Å²) >= 11 is 1.08. The number of carbonyl (C=O) groups excluding carboxylic acids is 2. The average Bonchev–Trinajstić information content (AvgIpc) is 3.05. The van der Waals surface area contributed by atoms with E-state index in [2.05, 4.69) is 0 Å². The number of aryl methyl sites for hydroxylation is 1. The first-order valence-electron chi connectivity index (χ1n) is 9.54. The van der Waals surface area contributed by atoms with E-state index in [4.69, 9.17) is 4.74 Å². The highest BCUT2D eigenvalue weighted by molar-refractivity contribution is 7.07. The summed E-state index contributed by atoms with van der Waals surface area (Å²) in [7, 11) is 0. The molecule has 0 radical (unpaired) electrons. The van der Waals surface area contributed by atoms with Crippen molar-refractivity contribution in [2.45, 2.75) is 38.8 Å². The Kier molecular flexibility index (Phi) is 5.21. The minimum Gasteiger partial charge on any atom is -0.476 e. The van der Waals surface area contributed by atoms with Gasteiger partial charge in [0.1, 0.15) is 12.3 Å². The predicted molar refractivity (Wildman–Crippen MR) is 107 cm³/mol. The van der Waals surface area contributed by atoms with Gasteiger partial charge < -0.3 is 14.5 Å². The molecule has 2 aromatic rings. The van der Waals surface area contributed by atoms with Gasteiger partial charge in [0.2, 0.25) is 5.91 Å². The number of aromatic nitrogens is 1. The monoisotopic (exact) mass is 401 g/mol. The van der Waals surface area contributed by atoms with E-state index in [0.29, 0.717) is 11.4 Å². The third kappa shape index (κ3) is 3.56. The molecule has 1 fully saturated rings. The molecule has 2 aliphatic heterocycles. The van der Waals surface area contributed by atoms with E-state index >= 15 is 0 Å². The SMILES string of the molecule is Cc1csc(=O)n1CC(=O)N1C[C@@H](C(=O)N2CCCCC2)Oc2ccccc21. The van der Waals surface area contributed by atoms with Crippen LogP contribution in [0.25, 0.3) is 0 Å². The normalized spacial score (nSPS) is 19.1. The number of nitrogens with zero attached hydrogens (tertiary/aromatic N) is 3. The van der Waals surface area contributed by atoms with Crippen molar-refractivity contribution in [3.63, 3.8) is 0 Å². The van der Waals surface area contributed by atoms with Gasteiger partial charge in [0.15, 0.2) is 6.10 Å². The summed E-state index contributed by atoms with van der Waals surface area (Å²) in [5, 5.41) is 1.74. The quantitative estimate of drug-likeness (QED) is 0.789. The topological polar surface area (TPSA) is 71.9 Å². The Labute approximate surface area is 167 Å². The van der Waals surface area contributed by atoms with Crippen LogP contribution in [0.4, 0.5) is 5.69 Å². The van der Waals surface area contributed by atoms with Gasteiger partial charge in [0, 0.05) is 24.2 Å². The van der Waals surface area contributed by atoms with E-state index in [-0.39, 0.29) is 29.8 Å². The molecule has 7 nitrogen and oxygen atoms in total. The maximum atomic E-state index is 13.1. The van der Waals surface area contributed by atoms with Crippen molar-refractivity contribution in [1.29, 1.82) is 0 Å². The number of piperidine rings is 1. The minimum absolute atomic E-state index is 0.0485. The molecular weight excluding hydrogens is 378 g/mol. The van der Waals surface area contributed by atoms with Crippen molar-refractivity contribution < 1.29 is 14.3 Å². The molecule has 1 saturated heterocycles. The number of rotatable bonds is 3. The average molecular weight is 401 g/mol. The highest BCUT2D eigenvalue weighted by atomic mass is 32.1. The Morgan fingerprint density at radius 3 is 2.64 bits per heavy atom. The van der Waals surface area contributed by atoms with Crippen LogP contribution in [-0.2, 0) is 16.1 Å². The minimum atomic E-state index is -0.725. The van der Waals surface area contributed by atoms with Gasteiger partial charge in [-0.15, -0.1) is 0 Å². The van der Waals surface area contributed by atoms with Gasteiger partial charge >= 0.3 is 4.87 Å². The van der Waals surface area contributed by atoms with Crippen molar-refractivity contribution in [3.8, 4) is 5.75 Å². The number of para-hydroxylation sites is 2. The molecule has 8 heteroatoms. The molecule has 3 heterocycles. The fourth-order valence-electron chi connectivity index (χ4n) is 3.73. The molecular formula is C20H23N3O4S. The number of fused-ring (bicyclic) bond motifs is 1. The zero-order chi connectivity index (χ0) is 19.7. The van der Waals surface area contributed by atoms with E-state index in [1.54, 1.807) is 29.3 Å². The lowest BCUT2D eigenvalue weighted by Crippen LogP contribution is -2.53. The molecule has 28 heavy (non-hydrogen) atoms. The van der Waals surface area contributed by atoms with Crippen LogP contribution >= 0.6 is 11.3 Å². The number of ether oxygens (including phenoxy) is 1. The summed E-state index contributed by atoms with van der Waals surface area (Å²) < 4.78 is 7.42. The third-order valence-electron chi connectivity index (χ3n) is 5.29. The summed E-state index contributed by atoms with van der Waals surface area (Å²) in [6.07, 6.45) is 2.41. The Hall–Kier alpha value is -2.61. The summed E-state index contributed by atoms with van der Waals surface area (Å²) in [4.78, 5) is 41.3. The Bertz CT molecular complexity index is 945. The van der Waals surface area contributed by atoms with Gasteiger partial charge in [0.05, 0.1) is 12.2 Å². The molecule has 1 atom stereocenters. The van der Waals surface area contributed by atoms with Crippen LogP contribution in [0.5, 0.6) is 5.75 Å². The van der Waals surface area contributed by atoms with Crippen molar-refractivity contribution in [2.24, 2.45) is 0 Å².